The molecule has 0 heterocycles. The molecule has 0 radical (unpaired) electrons. The lowest BCUT2D eigenvalue weighted by molar-refractivity contribution is -0.122. The van der Waals surface area contributed by atoms with Gasteiger partial charge in [0, 0.05) is 6.07 Å². The topological polar surface area (TPSA) is 88.7 Å². The van der Waals surface area contributed by atoms with Crippen molar-refractivity contribution in [2.75, 3.05) is 37.9 Å². The predicted octanol–water partition coefficient (Wildman–Crippen LogP) is 2.83. The van der Waals surface area contributed by atoms with E-state index >= 15 is 0 Å². The highest BCUT2D eigenvalue weighted by Gasteiger charge is 2.10. The molecule has 2 amide bonds. The Balaban J connectivity index is 1.83. The van der Waals surface area contributed by atoms with Crippen LogP contribution >= 0.6 is 11.6 Å². The van der Waals surface area contributed by atoms with Gasteiger partial charge in [-0.15, -0.1) is 0 Å². The Morgan fingerprint density at radius 1 is 0.963 bits per heavy atom. The molecule has 0 spiro atoms. The van der Waals surface area contributed by atoms with Gasteiger partial charge in [0.2, 0.25) is 11.8 Å². The molecule has 2 aromatic rings. The van der Waals surface area contributed by atoms with Crippen LogP contribution in [-0.4, -0.2) is 39.1 Å². The molecule has 0 fully saturated rings. The van der Waals surface area contributed by atoms with E-state index in [1.54, 1.807) is 37.4 Å². The van der Waals surface area contributed by atoms with Gasteiger partial charge in [0.25, 0.3) is 0 Å². The van der Waals surface area contributed by atoms with Crippen molar-refractivity contribution in [1.29, 1.82) is 0 Å². The summed E-state index contributed by atoms with van der Waals surface area (Å²) in [5, 5.41) is 8.64. The molecule has 0 aliphatic carbocycles. The lowest BCUT2D eigenvalue weighted by Gasteiger charge is -2.12. The highest BCUT2D eigenvalue weighted by atomic mass is 35.5. The van der Waals surface area contributed by atoms with Crippen LogP contribution in [0.3, 0.4) is 0 Å². The van der Waals surface area contributed by atoms with Gasteiger partial charge in [-0.3, -0.25) is 9.59 Å². The maximum atomic E-state index is 12.1. The molecule has 7 nitrogen and oxygen atoms in total. The number of anilines is 2. The van der Waals surface area contributed by atoms with Crippen LogP contribution < -0.4 is 25.4 Å². The second-order valence-corrected chi connectivity index (χ2v) is 6.14. The molecule has 8 heteroatoms. The number of aryl methyl sites for hydroxylation is 1. The monoisotopic (exact) mass is 391 g/mol. The minimum absolute atomic E-state index is 0.0338. The van der Waals surface area contributed by atoms with Crippen molar-refractivity contribution < 1.29 is 19.1 Å². The zero-order valence-electron chi connectivity index (χ0n) is 15.4. The van der Waals surface area contributed by atoms with Crippen LogP contribution in [0.25, 0.3) is 0 Å². The Bertz CT molecular complexity index is 827. The van der Waals surface area contributed by atoms with Gasteiger partial charge in [-0.2, -0.15) is 0 Å². The molecule has 27 heavy (non-hydrogen) atoms. The minimum atomic E-state index is -0.355. The number of ether oxygens (including phenoxy) is 2. The average molecular weight is 392 g/mol. The van der Waals surface area contributed by atoms with E-state index in [4.69, 9.17) is 21.1 Å². The number of amides is 2. The van der Waals surface area contributed by atoms with Crippen molar-refractivity contribution >= 4 is 34.8 Å². The summed E-state index contributed by atoms with van der Waals surface area (Å²) in [5.74, 6) is 0.468. The summed E-state index contributed by atoms with van der Waals surface area (Å²) in [6.07, 6.45) is 0. The van der Waals surface area contributed by atoms with Crippen molar-refractivity contribution in [2.45, 2.75) is 6.92 Å². The first kappa shape index (κ1) is 20.4. The Hall–Kier alpha value is -2.93. The van der Waals surface area contributed by atoms with E-state index in [9.17, 15) is 9.59 Å². The van der Waals surface area contributed by atoms with Gasteiger partial charge in [-0.05, 0) is 36.8 Å². The van der Waals surface area contributed by atoms with E-state index in [2.05, 4.69) is 16.0 Å². The van der Waals surface area contributed by atoms with Gasteiger partial charge in [-0.1, -0.05) is 17.7 Å². The number of nitrogens with one attached hydrogen (secondary N) is 3. The first-order valence-corrected chi connectivity index (χ1v) is 8.59. The number of halogens is 1. The molecule has 2 rings (SSSR count). The third-order valence-electron chi connectivity index (χ3n) is 3.69. The minimum Gasteiger partial charge on any atom is -0.497 e. The fourth-order valence-electron chi connectivity index (χ4n) is 2.30. The van der Waals surface area contributed by atoms with E-state index in [1.165, 1.54) is 7.11 Å². The fourth-order valence-corrected chi connectivity index (χ4v) is 2.48. The van der Waals surface area contributed by atoms with Crippen molar-refractivity contribution in [3.8, 4) is 11.5 Å². The van der Waals surface area contributed by atoms with Crippen LogP contribution in [0, 0.1) is 6.92 Å². The van der Waals surface area contributed by atoms with Crippen LogP contribution in [0.5, 0.6) is 11.5 Å². The van der Waals surface area contributed by atoms with Crippen LogP contribution in [0.2, 0.25) is 5.02 Å². The Morgan fingerprint density at radius 2 is 1.74 bits per heavy atom. The Kier molecular flexibility index (Phi) is 7.31. The second kappa shape index (κ2) is 9.68. The zero-order valence-corrected chi connectivity index (χ0v) is 16.1. The molecule has 0 saturated carbocycles. The summed E-state index contributed by atoms with van der Waals surface area (Å²) in [7, 11) is 3.07. The molecule has 0 unspecified atom stereocenters. The number of rotatable bonds is 8. The summed E-state index contributed by atoms with van der Waals surface area (Å²) in [4.78, 5) is 24.0. The summed E-state index contributed by atoms with van der Waals surface area (Å²) >= 11 is 6.07. The number of benzene rings is 2. The molecule has 0 bridgehead atoms. The van der Waals surface area contributed by atoms with Crippen LogP contribution in [0.4, 0.5) is 11.4 Å². The van der Waals surface area contributed by atoms with Crippen LogP contribution in [-0.2, 0) is 9.59 Å². The van der Waals surface area contributed by atoms with E-state index in [0.717, 1.165) is 5.56 Å². The van der Waals surface area contributed by atoms with Gasteiger partial charge in [0.1, 0.15) is 11.5 Å². The number of carbonyl (C=O) groups is 2. The maximum Gasteiger partial charge on any atom is 0.243 e. The summed E-state index contributed by atoms with van der Waals surface area (Å²) in [6.45, 7) is 1.71. The Labute approximate surface area is 163 Å². The standard InChI is InChI=1S/C19H22ClN3O4/c1-12-4-7-17(27-3)16(8-12)23-19(25)11-22-18(24)10-21-15-9-13(26-2)5-6-14(15)20/h4-9,21H,10-11H2,1-3H3,(H,22,24)(H,23,25). The van der Waals surface area contributed by atoms with Gasteiger partial charge < -0.3 is 25.4 Å². The summed E-state index contributed by atoms with van der Waals surface area (Å²) < 4.78 is 10.3. The molecular weight excluding hydrogens is 370 g/mol. The largest absolute Gasteiger partial charge is 0.497 e. The highest BCUT2D eigenvalue weighted by Crippen LogP contribution is 2.26. The van der Waals surface area contributed by atoms with Crippen LogP contribution in [0.1, 0.15) is 5.56 Å². The fraction of sp³-hybridized carbons (Fsp3) is 0.263. The molecule has 0 aliphatic heterocycles. The van der Waals surface area contributed by atoms with Crippen molar-refractivity contribution in [1.82, 2.24) is 5.32 Å². The number of methoxy groups -OCH3 is 2. The van der Waals surface area contributed by atoms with Gasteiger partial charge in [0.05, 0.1) is 43.7 Å². The lowest BCUT2D eigenvalue weighted by Crippen LogP contribution is -2.36. The predicted molar refractivity (Wildman–Crippen MR) is 106 cm³/mol. The van der Waals surface area contributed by atoms with E-state index in [1.807, 2.05) is 13.0 Å². The third-order valence-corrected chi connectivity index (χ3v) is 4.02. The first-order chi connectivity index (χ1) is 12.9. The number of hydrogen-bond donors (Lipinski definition) is 3. The van der Waals surface area contributed by atoms with Gasteiger partial charge in [0.15, 0.2) is 0 Å². The molecular formula is C19H22ClN3O4. The van der Waals surface area contributed by atoms with Crippen molar-refractivity contribution in [3.63, 3.8) is 0 Å². The molecule has 144 valence electrons. The third kappa shape index (κ3) is 6.07. The van der Waals surface area contributed by atoms with E-state index < -0.39 is 0 Å². The van der Waals surface area contributed by atoms with E-state index in [-0.39, 0.29) is 24.9 Å². The Morgan fingerprint density at radius 3 is 2.44 bits per heavy atom. The first-order valence-electron chi connectivity index (χ1n) is 8.21. The average Bonchev–Trinajstić information content (AvgIpc) is 2.66. The molecule has 0 saturated heterocycles. The second-order valence-electron chi connectivity index (χ2n) is 5.73. The SMILES string of the molecule is COc1ccc(Cl)c(NCC(=O)NCC(=O)Nc2cc(C)ccc2OC)c1. The van der Waals surface area contributed by atoms with E-state index in [0.29, 0.717) is 27.9 Å². The number of carbonyl (C=O) groups excluding carboxylic acids is 2. The molecule has 3 N–H and O–H groups in total. The molecule has 2 aromatic carbocycles. The smallest absolute Gasteiger partial charge is 0.243 e. The molecule has 0 atom stereocenters. The molecule has 0 aromatic heterocycles. The number of hydrogen-bond acceptors (Lipinski definition) is 5. The highest BCUT2D eigenvalue weighted by molar-refractivity contribution is 6.33. The van der Waals surface area contributed by atoms with Crippen molar-refractivity contribution in [2.24, 2.45) is 0 Å². The maximum absolute atomic E-state index is 12.1. The quantitative estimate of drug-likeness (QED) is 0.644. The van der Waals surface area contributed by atoms with Gasteiger partial charge >= 0.3 is 0 Å². The van der Waals surface area contributed by atoms with Crippen molar-refractivity contribution in [3.05, 3.63) is 47.0 Å². The van der Waals surface area contributed by atoms with Gasteiger partial charge in [-0.25, -0.2) is 0 Å². The lowest BCUT2D eigenvalue weighted by atomic mass is 10.2. The summed E-state index contributed by atoms with van der Waals surface area (Å²) in [6, 6.07) is 10.5. The van der Waals surface area contributed by atoms with Crippen LogP contribution in [0.15, 0.2) is 36.4 Å². The molecule has 0 aliphatic rings. The summed E-state index contributed by atoms with van der Waals surface area (Å²) in [5.41, 5.74) is 2.10. The normalized spacial score (nSPS) is 10.1. The zero-order chi connectivity index (χ0) is 19.8.